The van der Waals surface area contributed by atoms with Crippen LogP contribution in [-0.2, 0) is 11.2 Å². The molecule has 0 radical (unpaired) electrons. The molecule has 0 aromatic heterocycles. The number of carbonyl (C=O) groups excluding carboxylic acids is 2. The second-order valence-corrected chi connectivity index (χ2v) is 8.98. The van der Waals surface area contributed by atoms with Crippen molar-refractivity contribution in [3.8, 4) is 11.5 Å². The largest absolute Gasteiger partial charge is 0.486 e. The number of Topliss-reactive ketones (excluding diaryl/α,β-unsaturated/α-hetero) is 1. The number of likely N-dealkylation sites (tertiary alicyclic amines) is 1. The molecule has 0 saturated carbocycles. The maximum atomic E-state index is 12.8. The lowest BCUT2D eigenvalue weighted by atomic mass is 9.82. The monoisotopic (exact) mass is 441 g/mol. The van der Waals surface area contributed by atoms with Crippen LogP contribution in [0.1, 0.15) is 54.1 Å². The van der Waals surface area contributed by atoms with E-state index in [1.165, 1.54) is 5.56 Å². The van der Waals surface area contributed by atoms with E-state index in [-0.39, 0.29) is 18.3 Å². The number of aryl methyl sites for hydroxylation is 2. The first-order valence-electron chi connectivity index (χ1n) is 10.9. The lowest BCUT2D eigenvalue weighted by molar-refractivity contribution is -0.136. The van der Waals surface area contributed by atoms with Gasteiger partial charge in [-0.25, -0.2) is 0 Å². The molecule has 2 aliphatic rings. The minimum Gasteiger partial charge on any atom is -0.486 e. The summed E-state index contributed by atoms with van der Waals surface area (Å²) >= 11 is 6.11. The Morgan fingerprint density at radius 1 is 1.19 bits per heavy atom. The van der Waals surface area contributed by atoms with Gasteiger partial charge in [-0.2, -0.15) is 0 Å². The maximum absolute atomic E-state index is 12.8. The molecule has 0 atom stereocenters. The van der Waals surface area contributed by atoms with E-state index in [1.807, 2.05) is 37.3 Å². The van der Waals surface area contributed by atoms with Gasteiger partial charge in [0.15, 0.2) is 12.4 Å². The first kappa shape index (κ1) is 21.7. The number of ether oxygens (including phenoxy) is 2. The Kier molecular flexibility index (Phi) is 6.24. The molecule has 0 bridgehead atoms. The highest BCUT2D eigenvalue weighted by Crippen LogP contribution is 2.42. The number of rotatable bonds is 5. The number of fused-ring (bicyclic) bond motifs is 1. The van der Waals surface area contributed by atoms with Gasteiger partial charge in [0.25, 0.3) is 5.91 Å². The summed E-state index contributed by atoms with van der Waals surface area (Å²) in [5.41, 5.74) is 2.15. The molecule has 5 nitrogen and oxygen atoms in total. The highest BCUT2D eigenvalue weighted by molar-refractivity contribution is 6.31. The molecule has 1 amide bonds. The number of amides is 1. The number of nitrogens with zero attached hydrogens (tertiary/aromatic N) is 1. The molecule has 2 heterocycles. The quantitative estimate of drug-likeness (QED) is 0.654. The van der Waals surface area contributed by atoms with Crippen LogP contribution in [0.3, 0.4) is 0 Å². The van der Waals surface area contributed by atoms with Crippen molar-refractivity contribution in [1.82, 2.24) is 4.90 Å². The van der Waals surface area contributed by atoms with Gasteiger partial charge >= 0.3 is 0 Å². The Balaban J connectivity index is 1.34. The molecule has 0 aliphatic carbocycles. The lowest BCUT2D eigenvalue weighted by Gasteiger charge is -2.44. The van der Waals surface area contributed by atoms with Crippen LogP contribution < -0.4 is 9.47 Å². The summed E-state index contributed by atoms with van der Waals surface area (Å²) < 4.78 is 12.0. The summed E-state index contributed by atoms with van der Waals surface area (Å²) in [7, 11) is 0. The van der Waals surface area contributed by atoms with E-state index in [0.29, 0.717) is 54.4 Å². The van der Waals surface area contributed by atoms with Crippen molar-refractivity contribution >= 4 is 23.3 Å². The number of ketones is 1. The van der Waals surface area contributed by atoms with Crippen LogP contribution in [0.4, 0.5) is 0 Å². The number of benzene rings is 2. The predicted octanol–water partition coefficient (Wildman–Crippen LogP) is 5.01. The van der Waals surface area contributed by atoms with Crippen molar-refractivity contribution in [2.75, 3.05) is 19.7 Å². The van der Waals surface area contributed by atoms with Crippen LogP contribution in [0.25, 0.3) is 0 Å². The third-order valence-electron chi connectivity index (χ3n) is 6.19. The summed E-state index contributed by atoms with van der Waals surface area (Å²) in [6.45, 7) is 5.16. The molecule has 1 saturated heterocycles. The highest BCUT2D eigenvalue weighted by Gasteiger charge is 2.44. The van der Waals surface area contributed by atoms with Crippen LogP contribution in [0.15, 0.2) is 36.4 Å². The topological polar surface area (TPSA) is 55.8 Å². The first-order chi connectivity index (χ1) is 14.9. The fourth-order valence-electron chi connectivity index (χ4n) is 4.43. The van der Waals surface area contributed by atoms with Crippen LogP contribution in [-0.4, -0.2) is 41.9 Å². The number of carbonyl (C=O) groups is 2. The van der Waals surface area contributed by atoms with Crippen LogP contribution in [0.2, 0.25) is 5.02 Å². The lowest BCUT2D eigenvalue weighted by Crippen LogP contribution is -2.53. The van der Waals surface area contributed by atoms with Crippen LogP contribution >= 0.6 is 11.6 Å². The van der Waals surface area contributed by atoms with E-state index < -0.39 is 5.60 Å². The number of hydrogen-bond donors (Lipinski definition) is 0. The van der Waals surface area contributed by atoms with Gasteiger partial charge in [-0.3, -0.25) is 9.59 Å². The van der Waals surface area contributed by atoms with Gasteiger partial charge in [0, 0.05) is 31.0 Å². The van der Waals surface area contributed by atoms with Gasteiger partial charge in [-0.1, -0.05) is 37.1 Å². The van der Waals surface area contributed by atoms with E-state index in [9.17, 15) is 9.59 Å². The Morgan fingerprint density at radius 3 is 2.58 bits per heavy atom. The average molecular weight is 442 g/mol. The van der Waals surface area contributed by atoms with Gasteiger partial charge in [0.2, 0.25) is 0 Å². The summed E-state index contributed by atoms with van der Waals surface area (Å²) in [6, 6.07) is 11.4. The van der Waals surface area contributed by atoms with E-state index in [0.717, 1.165) is 18.4 Å². The summed E-state index contributed by atoms with van der Waals surface area (Å²) in [5, 5.41) is 0.546. The fraction of sp³-hybridized carbons (Fsp3) is 0.440. The molecule has 1 fully saturated rings. The molecule has 2 aromatic carbocycles. The molecular formula is C25H28ClNO4. The number of halogens is 1. The molecule has 6 heteroatoms. The molecule has 0 N–H and O–H groups in total. The van der Waals surface area contributed by atoms with Crippen LogP contribution in [0, 0.1) is 6.92 Å². The van der Waals surface area contributed by atoms with Gasteiger partial charge < -0.3 is 14.4 Å². The SMILES string of the molecule is CCCc1ccc(OCC(=O)N2CCC3(CC2)CC(=O)c2cc(Cl)cc(C)c2O3)cc1. The van der Waals surface area contributed by atoms with Crippen molar-refractivity contribution in [2.24, 2.45) is 0 Å². The van der Waals surface area contributed by atoms with Crippen molar-refractivity contribution < 1.29 is 19.1 Å². The predicted molar refractivity (Wildman–Crippen MR) is 120 cm³/mol. The normalized spacial score (nSPS) is 17.3. The minimum absolute atomic E-state index is 0.0142. The molecule has 2 aromatic rings. The molecule has 4 rings (SSSR count). The zero-order valence-corrected chi connectivity index (χ0v) is 18.8. The second kappa shape index (κ2) is 8.91. The van der Waals surface area contributed by atoms with E-state index in [4.69, 9.17) is 21.1 Å². The average Bonchev–Trinajstić information content (AvgIpc) is 2.75. The minimum atomic E-state index is -0.546. The zero-order valence-electron chi connectivity index (χ0n) is 18.1. The molecule has 2 aliphatic heterocycles. The molecule has 164 valence electrons. The number of hydrogen-bond acceptors (Lipinski definition) is 4. The van der Waals surface area contributed by atoms with Gasteiger partial charge in [-0.05, 0) is 48.7 Å². The molecule has 1 spiro atoms. The first-order valence-corrected chi connectivity index (χ1v) is 11.3. The van der Waals surface area contributed by atoms with Gasteiger partial charge in [0.1, 0.15) is 17.1 Å². The summed E-state index contributed by atoms with van der Waals surface area (Å²) in [5.74, 6) is 1.35. The van der Waals surface area contributed by atoms with Gasteiger partial charge in [0.05, 0.1) is 12.0 Å². The third-order valence-corrected chi connectivity index (χ3v) is 6.41. The molecular weight excluding hydrogens is 414 g/mol. The molecule has 31 heavy (non-hydrogen) atoms. The van der Waals surface area contributed by atoms with Crippen molar-refractivity contribution in [3.05, 3.63) is 58.1 Å². The van der Waals surface area contributed by atoms with Crippen LogP contribution in [0.5, 0.6) is 11.5 Å². The zero-order chi connectivity index (χ0) is 22.0. The maximum Gasteiger partial charge on any atom is 0.260 e. The Hall–Kier alpha value is -2.53. The fourth-order valence-corrected chi connectivity index (χ4v) is 4.71. The Labute approximate surface area is 188 Å². The van der Waals surface area contributed by atoms with E-state index >= 15 is 0 Å². The Bertz CT molecular complexity index is 978. The van der Waals surface area contributed by atoms with Crippen molar-refractivity contribution in [2.45, 2.75) is 51.6 Å². The van der Waals surface area contributed by atoms with Gasteiger partial charge in [-0.15, -0.1) is 0 Å². The molecule has 0 unspecified atom stereocenters. The summed E-state index contributed by atoms with van der Waals surface area (Å²) in [6.07, 6.45) is 3.71. The summed E-state index contributed by atoms with van der Waals surface area (Å²) in [4.78, 5) is 27.2. The second-order valence-electron chi connectivity index (χ2n) is 8.55. The van der Waals surface area contributed by atoms with E-state index in [2.05, 4.69) is 6.92 Å². The van der Waals surface area contributed by atoms with Crippen molar-refractivity contribution in [1.29, 1.82) is 0 Å². The van der Waals surface area contributed by atoms with E-state index in [1.54, 1.807) is 11.0 Å². The smallest absolute Gasteiger partial charge is 0.260 e. The number of piperidine rings is 1. The third kappa shape index (κ3) is 4.72. The standard InChI is InChI=1S/C25H28ClNO4/c1-3-4-18-5-7-20(8-6-18)30-16-23(29)27-11-9-25(10-12-27)15-22(28)21-14-19(26)13-17(2)24(21)31-25/h5-8,13-14H,3-4,9-12,15-16H2,1-2H3. The van der Waals surface area contributed by atoms with Crippen molar-refractivity contribution in [3.63, 3.8) is 0 Å². The Morgan fingerprint density at radius 2 is 1.90 bits per heavy atom. The highest BCUT2D eigenvalue weighted by atomic mass is 35.5.